The zero-order valence-corrected chi connectivity index (χ0v) is 17.5. The fourth-order valence-electron chi connectivity index (χ4n) is 2.90. The Balaban J connectivity index is 1.75. The Bertz CT molecular complexity index is 1280. The summed E-state index contributed by atoms with van der Waals surface area (Å²) >= 11 is 7.50. The largest absolute Gasteiger partial charge is 0.490 e. The van der Waals surface area contributed by atoms with Crippen LogP contribution in [0.15, 0.2) is 47.3 Å². The van der Waals surface area contributed by atoms with Crippen molar-refractivity contribution in [3.05, 3.63) is 67.9 Å². The Morgan fingerprint density at radius 3 is 2.59 bits per heavy atom. The van der Waals surface area contributed by atoms with Gasteiger partial charge >= 0.3 is 0 Å². The summed E-state index contributed by atoms with van der Waals surface area (Å²) in [6.07, 6.45) is 1.80. The van der Waals surface area contributed by atoms with Crippen LogP contribution >= 0.6 is 22.9 Å². The quantitative estimate of drug-likeness (QED) is 0.468. The van der Waals surface area contributed by atoms with Gasteiger partial charge in [0, 0.05) is 5.56 Å². The number of fused-ring (bicyclic) bond motifs is 1. The Morgan fingerprint density at radius 1 is 1.10 bits per heavy atom. The number of nitrogens with zero attached hydrogens (tertiary/aromatic N) is 3. The van der Waals surface area contributed by atoms with Gasteiger partial charge in [-0.3, -0.25) is 4.79 Å². The maximum atomic E-state index is 12.8. The number of halogens is 1. The molecule has 0 fully saturated rings. The maximum absolute atomic E-state index is 12.8. The summed E-state index contributed by atoms with van der Waals surface area (Å²) in [5, 5.41) is 4.89. The van der Waals surface area contributed by atoms with Crippen LogP contribution in [0.25, 0.3) is 22.4 Å². The van der Waals surface area contributed by atoms with E-state index in [1.807, 2.05) is 50.2 Å². The van der Waals surface area contributed by atoms with E-state index in [2.05, 4.69) is 10.1 Å². The summed E-state index contributed by atoms with van der Waals surface area (Å²) in [6.45, 7) is 4.91. The van der Waals surface area contributed by atoms with Crippen molar-refractivity contribution in [1.82, 2.24) is 14.6 Å². The molecule has 0 amide bonds. The average molecular weight is 428 g/mol. The monoisotopic (exact) mass is 427 g/mol. The van der Waals surface area contributed by atoms with Crippen LogP contribution in [0.5, 0.6) is 11.5 Å². The summed E-state index contributed by atoms with van der Waals surface area (Å²) in [6, 6.07) is 12.9. The Labute approximate surface area is 176 Å². The highest BCUT2D eigenvalue weighted by atomic mass is 35.5. The van der Waals surface area contributed by atoms with Crippen LogP contribution < -0.4 is 19.6 Å². The standard InChI is InChI=1S/C21H18ClN3O3S/c1-3-27-16-10-9-13(11-17(16)28-4-2)12-18-20(26)25-21(29-18)23-19(24-25)14-7-5-6-8-15(14)22/h5-12H,3-4H2,1-2H3/b18-12-. The van der Waals surface area contributed by atoms with Gasteiger partial charge in [0.1, 0.15) is 0 Å². The van der Waals surface area contributed by atoms with Gasteiger partial charge in [0.2, 0.25) is 4.96 Å². The van der Waals surface area contributed by atoms with E-state index in [0.29, 0.717) is 50.6 Å². The van der Waals surface area contributed by atoms with E-state index in [-0.39, 0.29) is 5.56 Å². The van der Waals surface area contributed by atoms with Crippen LogP contribution in [0.3, 0.4) is 0 Å². The Morgan fingerprint density at radius 2 is 1.86 bits per heavy atom. The molecule has 6 nitrogen and oxygen atoms in total. The fourth-order valence-corrected chi connectivity index (χ4v) is 4.03. The summed E-state index contributed by atoms with van der Waals surface area (Å²) in [4.78, 5) is 17.8. The molecule has 8 heteroatoms. The molecule has 0 radical (unpaired) electrons. The zero-order chi connectivity index (χ0) is 20.4. The van der Waals surface area contributed by atoms with E-state index in [1.165, 1.54) is 15.9 Å². The minimum Gasteiger partial charge on any atom is -0.490 e. The van der Waals surface area contributed by atoms with Gasteiger partial charge in [-0.2, -0.15) is 9.50 Å². The molecule has 2 aromatic carbocycles. The van der Waals surface area contributed by atoms with Gasteiger partial charge in [0.25, 0.3) is 5.56 Å². The number of rotatable bonds is 6. The number of hydrogen-bond donors (Lipinski definition) is 0. The Hall–Kier alpha value is -2.90. The molecule has 0 aliphatic heterocycles. The highest BCUT2D eigenvalue weighted by Crippen LogP contribution is 2.29. The second kappa shape index (κ2) is 8.23. The number of aromatic nitrogens is 3. The average Bonchev–Trinajstić information content (AvgIpc) is 3.24. The first-order chi connectivity index (χ1) is 14.1. The minimum atomic E-state index is -0.220. The van der Waals surface area contributed by atoms with Crippen LogP contribution in [0, 0.1) is 0 Å². The van der Waals surface area contributed by atoms with Gasteiger partial charge in [-0.25, -0.2) is 0 Å². The normalized spacial score (nSPS) is 11.9. The molecular formula is C21H18ClN3O3S. The lowest BCUT2D eigenvalue weighted by molar-refractivity contribution is 0.287. The highest BCUT2D eigenvalue weighted by Gasteiger charge is 2.14. The first kappa shape index (κ1) is 19.4. The molecule has 0 aliphatic rings. The van der Waals surface area contributed by atoms with Crippen LogP contribution in [-0.4, -0.2) is 27.8 Å². The van der Waals surface area contributed by atoms with Gasteiger partial charge in [-0.1, -0.05) is 41.1 Å². The third kappa shape index (κ3) is 3.83. The molecule has 0 aliphatic carbocycles. The zero-order valence-electron chi connectivity index (χ0n) is 15.9. The number of thiazole rings is 1. The van der Waals surface area contributed by atoms with Crippen LogP contribution in [0.4, 0.5) is 0 Å². The van der Waals surface area contributed by atoms with Crippen LogP contribution in [0.1, 0.15) is 19.4 Å². The molecule has 4 rings (SSSR count). The number of benzene rings is 2. The SMILES string of the molecule is CCOc1ccc(/C=c2\sc3nc(-c4ccccc4Cl)nn3c2=O)cc1OCC. The molecule has 2 aromatic heterocycles. The second-order valence-corrected chi connectivity index (χ2v) is 7.51. The number of hydrogen-bond acceptors (Lipinski definition) is 6. The summed E-state index contributed by atoms with van der Waals surface area (Å²) < 4.78 is 13.1. The smallest absolute Gasteiger partial charge is 0.291 e. The Kier molecular flexibility index (Phi) is 5.51. The topological polar surface area (TPSA) is 65.7 Å². The van der Waals surface area contributed by atoms with Gasteiger partial charge in [0.15, 0.2) is 17.3 Å². The molecule has 0 saturated heterocycles. The van der Waals surface area contributed by atoms with Gasteiger partial charge in [-0.05, 0) is 49.8 Å². The van der Waals surface area contributed by atoms with E-state index in [9.17, 15) is 4.79 Å². The van der Waals surface area contributed by atoms with Crippen molar-refractivity contribution < 1.29 is 9.47 Å². The van der Waals surface area contributed by atoms with Gasteiger partial charge in [0.05, 0.1) is 22.8 Å². The van der Waals surface area contributed by atoms with E-state index < -0.39 is 0 Å². The van der Waals surface area contributed by atoms with Crippen LogP contribution in [0.2, 0.25) is 5.02 Å². The minimum absolute atomic E-state index is 0.220. The molecule has 0 saturated carbocycles. The third-order valence-corrected chi connectivity index (χ3v) is 5.45. The molecule has 4 aromatic rings. The summed E-state index contributed by atoms with van der Waals surface area (Å²) in [7, 11) is 0. The van der Waals surface area contributed by atoms with Gasteiger partial charge < -0.3 is 9.47 Å². The predicted molar refractivity (Wildman–Crippen MR) is 115 cm³/mol. The van der Waals surface area contributed by atoms with Crippen molar-refractivity contribution in [1.29, 1.82) is 0 Å². The third-order valence-electron chi connectivity index (χ3n) is 4.16. The molecule has 29 heavy (non-hydrogen) atoms. The van der Waals surface area contributed by atoms with Gasteiger partial charge in [-0.15, -0.1) is 5.10 Å². The lowest BCUT2D eigenvalue weighted by Gasteiger charge is -2.11. The molecular weight excluding hydrogens is 410 g/mol. The second-order valence-electron chi connectivity index (χ2n) is 6.10. The molecule has 2 heterocycles. The summed E-state index contributed by atoms with van der Waals surface area (Å²) in [5.74, 6) is 1.77. The predicted octanol–water partition coefficient (Wildman–Crippen LogP) is 3.82. The fraction of sp³-hybridized carbons (Fsp3) is 0.190. The summed E-state index contributed by atoms with van der Waals surface area (Å²) in [5.41, 5.74) is 1.32. The molecule has 0 unspecified atom stereocenters. The first-order valence-corrected chi connectivity index (χ1v) is 10.4. The molecule has 148 valence electrons. The van der Waals surface area contributed by atoms with Crippen molar-refractivity contribution in [2.45, 2.75) is 13.8 Å². The van der Waals surface area contributed by atoms with Crippen molar-refractivity contribution in [3.63, 3.8) is 0 Å². The molecule has 0 atom stereocenters. The number of ether oxygens (including phenoxy) is 2. The van der Waals surface area contributed by atoms with E-state index in [1.54, 1.807) is 12.1 Å². The van der Waals surface area contributed by atoms with Crippen molar-refractivity contribution >= 4 is 34.0 Å². The van der Waals surface area contributed by atoms with Crippen molar-refractivity contribution in [2.75, 3.05) is 13.2 Å². The molecule has 0 bridgehead atoms. The van der Waals surface area contributed by atoms with E-state index in [0.717, 1.165) is 5.56 Å². The van der Waals surface area contributed by atoms with Crippen molar-refractivity contribution in [2.24, 2.45) is 0 Å². The first-order valence-electron chi connectivity index (χ1n) is 9.16. The van der Waals surface area contributed by atoms with E-state index in [4.69, 9.17) is 21.1 Å². The van der Waals surface area contributed by atoms with Crippen molar-refractivity contribution in [3.8, 4) is 22.9 Å². The lowest BCUT2D eigenvalue weighted by atomic mass is 10.2. The highest BCUT2D eigenvalue weighted by molar-refractivity contribution is 7.15. The molecule has 0 spiro atoms. The lowest BCUT2D eigenvalue weighted by Crippen LogP contribution is -2.23. The molecule has 0 N–H and O–H groups in total. The maximum Gasteiger partial charge on any atom is 0.291 e. The van der Waals surface area contributed by atoms with E-state index >= 15 is 0 Å². The van der Waals surface area contributed by atoms with Crippen LogP contribution in [-0.2, 0) is 0 Å².